The number of nitrogens with one attached hydrogen (secondary N) is 1. The van der Waals surface area contributed by atoms with E-state index in [1.54, 1.807) is 24.3 Å². The van der Waals surface area contributed by atoms with E-state index in [1.165, 1.54) is 0 Å². The zero-order chi connectivity index (χ0) is 16.0. The zero-order valence-electron chi connectivity index (χ0n) is 13.2. The molecule has 120 valence electrons. The summed E-state index contributed by atoms with van der Waals surface area (Å²) in [5.41, 5.74) is 6.67. The molecule has 21 heavy (non-hydrogen) atoms. The van der Waals surface area contributed by atoms with Crippen LogP contribution < -0.4 is 10.5 Å². The molecule has 1 aromatic carbocycles. The summed E-state index contributed by atoms with van der Waals surface area (Å²) in [6, 6.07) is 6.29. The highest BCUT2D eigenvalue weighted by Gasteiger charge is 2.22. The number of nitrogens with two attached hydrogens (primary N) is 1. The smallest absolute Gasteiger partial charge is 0.240 e. The van der Waals surface area contributed by atoms with E-state index >= 15 is 0 Å². The van der Waals surface area contributed by atoms with Gasteiger partial charge in [-0.05, 0) is 37.5 Å². The molecule has 0 radical (unpaired) electrons. The van der Waals surface area contributed by atoms with Gasteiger partial charge in [0.1, 0.15) is 0 Å². The number of hydrogen-bond acceptors (Lipinski definition) is 4. The second-order valence-corrected chi connectivity index (χ2v) is 7.20. The summed E-state index contributed by atoms with van der Waals surface area (Å²) in [4.78, 5) is 0.244. The van der Waals surface area contributed by atoms with Crippen molar-refractivity contribution >= 4 is 10.0 Å². The van der Waals surface area contributed by atoms with Gasteiger partial charge < -0.3 is 10.5 Å². The van der Waals surface area contributed by atoms with Gasteiger partial charge in [-0.1, -0.05) is 26.0 Å². The number of benzene rings is 1. The molecule has 0 bridgehead atoms. The highest BCUT2D eigenvalue weighted by Crippen LogP contribution is 2.16. The van der Waals surface area contributed by atoms with Crippen molar-refractivity contribution in [2.75, 3.05) is 13.2 Å². The van der Waals surface area contributed by atoms with Crippen LogP contribution in [0.1, 0.15) is 39.3 Å². The summed E-state index contributed by atoms with van der Waals surface area (Å²) in [6.45, 7) is 8.60. The van der Waals surface area contributed by atoms with Crippen LogP contribution in [0.25, 0.3) is 0 Å². The summed E-state index contributed by atoms with van der Waals surface area (Å²) >= 11 is 0. The predicted molar refractivity (Wildman–Crippen MR) is 84.5 cm³/mol. The number of sulfonamides is 1. The van der Waals surface area contributed by atoms with Crippen molar-refractivity contribution in [1.29, 1.82) is 0 Å². The molecule has 0 fully saturated rings. The minimum absolute atomic E-state index is 0.115. The van der Waals surface area contributed by atoms with Crippen LogP contribution in [0.4, 0.5) is 0 Å². The van der Waals surface area contributed by atoms with Crippen molar-refractivity contribution in [2.45, 2.75) is 44.7 Å². The number of ether oxygens (including phenoxy) is 1. The predicted octanol–water partition coefficient (Wildman–Crippen LogP) is 2.05. The quantitative estimate of drug-likeness (QED) is 0.769. The van der Waals surface area contributed by atoms with Gasteiger partial charge in [-0.3, -0.25) is 0 Å². The highest BCUT2D eigenvalue weighted by molar-refractivity contribution is 7.89. The van der Waals surface area contributed by atoms with Crippen molar-refractivity contribution in [2.24, 2.45) is 11.7 Å². The minimum atomic E-state index is -3.55. The topological polar surface area (TPSA) is 81.4 Å². The Hall–Kier alpha value is -0.950. The molecule has 6 heteroatoms. The lowest BCUT2D eigenvalue weighted by atomic mass is 10.1. The van der Waals surface area contributed by atoms with Crippen LogP contribution in [0.3, 0.4) is 0 Å². The first kappa shape index (κ1) is 18.1. The van der Waals surface area contributed by atoms with Crippen LogP contribution in [0, 0.1) is 5.92 Å². The average molecular weight is 314 g/mol. The molecular formula is C15H26N2O3S. The first-order valence-electron chi connectivity index (χ1n) is 7.23. The molecule has 0 spiro atoms. The molecule has 0 aliphatic carbocycles. The highest BCUT2D eigenvalue weighted by atomic mass is 32.2. The lowest BCUT2D eigenvalue weighted by molar-refractivity contribution is 0.116. The maximum atomic E-state index is 12.4. The first-order valence-corrected chi connectivity index (χ1v) is 8.71. The summed E-state index contributed by atoms with van der Waals surface area (Å²) < 4.78 is 32.8. The molecule has 2 unspecified atom stereocenters. The normalized spacial score (nSPS) is 15.1. The van der Waals surface area contributed by atoms with Crippen molar-refractivity contribution in [1.82, 2.24) is 4.72 Å². The second kappa shape index (κ2) is 7.89. The molecule has 0 amide bonds. The summed E-state index contributed by atoms with van der Waals surface area (Å²) in [6.07, 6.45) is 0. The Balaban J connectivity index is 2.88. The molecule has 0 saturated carbocycles. The number of hydrogen-bond donors (Lipinski definition) is 2. The third-order valence-corrected chi connectivity index (χ3v) is 4.83. The van der Waals surface area contributed by atoms with Gasteiger partial charge in [-0.2, -0.15) is 0 Å². The van der Waals surface area contributed by atoms with Gasteiger partial charge >= 0.3 is 0 Å². The molecule has 0 saturated heterocycles. The monoisotopic (exact) mass is 314 g/mol. The first-order chi connectivity index (χ1) is 9.77. The molecular weight excluding hydrogens is 288 g/mol. The van der Waals surface area contributed by atoms with E-state index in [9.17, 15) is 8.42 Å². The summed E-state index contributed by atoms with van der Waals surface area (Å²) in [5, 5.41) is 0. The lowest BCUT2D eigenvalue weighted by Gasteiger charge is -2.22. The Morgan fingerprint density at radius 3 is 2.19 bits per heavy atom. The van der Waals surface area contributed by atoms with Gasteiger partial charge in [0, 0.05) is 18.7 Å². The van der Waals surface area contributed by atoms with Gasteiger partial charge in [-0.15, -0.1) is 0 Å². The van der Waals surface area contributed by atoms with E-state index in [0.717, 1.165) is 5.56 Å². The van der Waals surface area contributed by atoms with Gasteiger partial charge in [0.2, 0.25) is 10.0 Å². The van der Waals surface area contributed by atoms with Crippen molar-refractivity contribution in [3.63, 3.8) is 0 Å². The standard InChI is InChI=1S/C15H26N2O3S/c1-5-20-10-15(11(2)3)17-21(18,19)14-8-6-13(7-9-14)12(4)16/h6-9,11-12,15,17H,5,10,16H2,1-4H3. The van der Waals surface area contributed by atoms with Gasteiger partial charge in [0.25, 0.3) is 0 Å². The fraction of sp³-hybridized carbons (Fsp3) is 0.600. The van der Waals surface area contributed by atoms with E-state index in [-0.39, 0.29) is 22.9 Å². The fourth-order valence-corrected chi connectivity index (χ4v) is 3.19. The largest absolute Gasteiger partial charge is 0.380 e. The Bertz CT molecular complexity index is 524. The molecule has 3 N–H and O–H groups in total. The second-order valence-electron chi connectivity index (χ2n) is 5.49. The Morgan fingerprint density at radius 2 is 1.76 bits per heavy atom. The van der Waals surface area contributed by atoms with Crippen LogP contribution >= 0.6 is 0 Å². The molecule has 1 aromatic rings. The summed E-state index contributed by atoms with van der Waals surface area (Å²) in [5.74, 6) is 0.148. The third kappa shape index (κ3) is 5.39. The minimum Gasteiger partial charge on any atom is -0.380 e. The molecule has 0 aliphatic rings. The Labute approximate surface area is 127 Å². The van der Waals surface area contributed by atoms with E-state index in [2.05, 4.69) is 4.72 Å². The molecule has 0 heterocycles. The third-order valence-electron chi connectivity index (χ3n) is 3.33. The summed E-state index contributed by atoms with van der Waals surface area (Å²) in [7, 11) is -3.55. The lowest BCUT2D eigenvalue weighted by Crippen LogP contribution is -2.41. The van der Waals surface area contributed by atoms with Crippen molar-refractivity contribution in [3.05, 3.63) is 29.8 Å². The average Bonchev–Trinajstić information content (AvgIpc) is 2.43. The molecule has 0 aliphatic heterocycles. The van der Waals surface area contributed by atoms with Gasteiger partial charge in [0.15, 0.2) is 0 Å². The Morgan fingerprint density at radius 1 is 1.19 bits per heavy atom. The zero-order valence-corrected chi connectivity index (χ0v) is 14.0. The van der Waals surface area contributed by atoms with Crippen molar-refractivity contribution < 1.29 is 13.2 Å². The number of rotatable bonds is 8. The van der Waals surface area contributed by atoms with Crippen LogP contribution in [-0.4, -0.2) is 27.7 Å². The molecule has 5 nitrogen and oxygen atoms in total. The maximum Gasteiger partial charge on any atom is 0.240 e. The van der Waals surface area contributed by atoms with Crippen LogP contribution in [0.2, 0.25) is 0 Å². The van der Waals surface area contributed by atoms with E-state index in [4.69, 9.17) is 10.5 Å². The van der Waals surface area contributed by atoms with Crippen LogP contribution in [0.15, 0.2) is 29.2 Å². The maximum absolute atomic E-state index is 12.4. The van der Waals surface area contributed by atoms with Crippen LogP contribution in [0.5, 0.6) is 0 Å². The molecule has 0 aromatic heterocycles. The molecule has 2 atom stereocenters. The SMILES string of the molecule is CCOCC(NS(=O)(=O)c1ccc(C(C)N)cc1)C(C)C. The van der Waals surface area contributed by atoms with E-state index in [0.29, 0.717) is 13.2 Å². The fourth-order valence-electron chi connectivity index (χ4n) is 1.83. The van der Waals surface area contributed by atoms with Crippen LogP contribution in [-0.2, 0) is 14.8 Å². The van der Waals surface area contributed by atoms with E-state index in [1.807, 2.05) is 27.7 Å². The molecule has 1 rings (SSSR count). The van der Waals surface area contributed by atoms with E-state index < -0.39 is 10.0 Å². The van der Waals surface area contributed by atoms with Crippen molar-refractivity contribution in [3.8, 4) is 0 Å². The Kier molecular flexibility index (Phi) is 6.80. The van der Waals surface area contributed by atoms with Gasteiger partial charge in [-0.25, -0.2) is 13.1 Å². The van der Waals surface area contributed by atoms with Gasteiger partial charge in [0.05, 0.1) is 11.5 Å².